The molecule has 4 nitrogen and oxygen atoms in total. The van der Waals surface area contributed by atoms with E-state index >= 15 is 0 Å². The van der Waals surface area contributed by atoms with E-state index in [0.717, 1.165) is 16.3 Å². The maximum absolute atomic E-state index is 12.0. The third-order valence-corrected chi connectivity index (χ3v) is 3.47. The van der Waals surface area contributed by atoms with Crippen LogP contribution in [0.25, 0.3) is 0 Å². The Morgan fingerprint density at radius 3 is 2.67 bits per heavy atom. The average molecular weight is 312 g/mol. The first kappa shape index (κ1) is 15.4. The minimum atomic E-state index is -2.84. The number of carbonyl (C=O) groups is 1. The summed E-state index contributed by atoms with van der Waals surface area (Å²) in [5.74, 6) is -0.0359. The minimum absolute atomic E-state index is 0.0954. The summed E-state index contributed by atoms with van der Waals surface area (Å²) in [7, 11) is 0. The molecule has 0 unspecified atom stereocenters. The number of benzene rings is 1. The van der Waals surface area contributed by atoms with Gasteiger partial charge in [-0.05, 0) is 24.6 Å². The third-order valence-electron chi connectivity index (χ3n) is 2.65. The molecule has 7 heteroatoms. The van der Waals surface area contributed by atoms with Crippen LogP contribution in [0.2, 0.25) is 0 Å². The molecule has 0 fully saturated rings. The van der Waals surface area contributed by atoms with E-state index in [2.05, 4.69) is 15.0 Å². The molecule has 112 valence electrons. The number of amides is 1. The SMILES string of the molecule is Cc1nc(CC(=O)NCc2ccc(OC(F)F)cc2)cs1. The standard InChI is InChI=1S/C14H14F2N2O2S/c1-9-18-11(8-21-9)6-13(19)17-7-10-2-4-12(5-3-10)20-14(15)16/h2-5,8,14H,6-7H2,1H3,(H,17,19). The molecular weight excluding hydrogens is 298 g/mol. The molecule has 21 heavy (non-hydrogen) atoms. The molecule has 0 atom stereocenters. The van der Waals surface area contributed by atoms with Gasteiger partial charge in [-0.3, -0.25) is 4.79 Å². The first-order valence-electron chi connectivity index (χ1n) is 6.24. The van der Waals surface area contributed by atoms with Crippen molar-refractivity contribution in [3.8, 4) is 5.75 Å². The van der Waals surface area contributed by atoms with E-state index in [-0.39, 0.29) is 18.1 Å². The lowest BCUT2D eigenvalue weighted by molar-refractivity contribution is -0.120. The average Bonchev–Trinajstić information content (AvgIpc) is 2.83. The number of ether oxygens (including phenoxy) is 1. The van der Waals surface area contributed by atoms with Gasteiger partial charge >= 0.3 is 6.61 Å². The Bertz CT molecular complexity index is 599. The van der Waals surface area contributed by atoms with Gasteiger partial charge in [-0.1, -0.05) is 12.1 Å². The van der Waals surface area contributed by atoms with E-state index in [1.54, 1.807) is 12.1 Å². The highest BCUT2D eigenvalue weighted by Gasteiger charge is 2.07. The van der Waals surface area contributed by atoms with Crippen LogP contribution in [-0.4, -0.2) is 17.5 Å². The minimum Gasteiger partial charge on any atom is -0.435 e. The smallest absolute Gasteiger partial charge is 0.387 e. The summed E-state index contributed by atoms with van der Waals surface area (Å²) in [6, 6.07) is 6.14. The van der Waals surface area contributed by atoms with Crippen LogP contribution < -0.4 is 10.1 Å². The molecule has 0 aliphatic heterocycles. The van der Waals surface area contributed by atoms with Gasteiger partial charge in [0.1, 0.15) is 5.75 Å². The highest BCUT2D eigenvalue weighted by atomic mass is 32.1. The van der Waals surface area contributed by atoms with Crippen molar-refractivity contribution in [3.05, 3.63) is 45.9 Å². The number of nitrogens with zero attached hydrogens (tertiary/aromatic N) is 1. The summed E-state index contributed by atoms with van der Waals surface area (Å²) in [6.45, 7) is -0.622. The van der Waals surface area contributed by atoms with Crippen LogP contribution in [0.1, 0.15) is 16.3 Å². The topological polar surface area (TPSA) is 51.2 Å². The molecule has 0 saturated heterocycles. The fourth-order valence-corrected chi connectivity index (χ4v) is 2.32. The van der Waals surface area contributed by atoms with Gasteiger partial charge in [0, 0.05) is 11.9 Å². The van der Waals surface area contributed by atoms with E-state index in [9.17, 15) is 13.6 Å². The first-order valence-corrected chi connectivity index (χ1v) is 7.12. The van der Waals surface area contributed by atoms with Crippen molar-refractivity contribution in [2.75, 3.05) is 0 Å². The molecule has 1 amide bonds. The second-order valence-electron chi connectivity index (χ2n) is 4.33. The highest BCUT2D eigenvalue weighted by molar-refractivity contribution is 7.09. The lowest BCUT2D eigenvalue weighted by atomic mass is 10.2. The number of halogens is 2. The van der Waals surface area contributed by atoms with Gasteiger partial charge in [0.25, 0.3) is 0 Å². The lowest BCUT2D eigenvalue weighted by Gasteiger charge is -2.07. The number of carbonyl (C=O) groups excluding carboxylic acids is 1. The normalized spacial score (nSPS) is 10.7. The largest absolute Gasteiger partial charge is 0.435 e. The van der Waals surface area contributed by atoms with Gasteiger partial charge < -0.3 is 10.1 Å². The molecule has 0 spiro atoms. The Hall–Kier alpha value is -2.02. The molecule has 0 bridgehead atoms. The van der Waals surface area contributed by atoms with Crippen LogP contribution in [0.5, 0.6) is 5.75 Å². The van der Waals surface area contributed by atoms with Gasteiger partial charge in [-0.2, -0.15) is 8.78 Å². The summed E-state index contributed by atoms with van der Waals surface area (Å²) >= 11 is 1.50. The van der Waals surface area contributed by atoms with Crippen LogP contribution in [0.4, 0.5) is 8.78 Å². The maximum Gasteiger partial charge on any atom is 0.387 e. The number of hydrogen-bond acceptors (Lipinski definition) is 4. The number of hydrogen-bond donors (Lipinski definition) is 1. The number of aryl methyl sites for hydroxylation is 1. The zero-order chi connectivity index (χ0) is 15.2. The molecule has 2 aromatic rings. The Morgan fingerprint density at radius 1 is 1.38 bits per heavy atom. The van der Waals surface area contributed by atoms with Gasteiger partial charge in [0.2, 0.25) is 5.91 Å². The predicted octanol–water partition coefficient (Wildman–Crippen LogP) is 2.91. The van der Waals surface area contributed by atoms with E-state index in [1.165, 1.54) is 23.5 Å². The Balaban J connectivity index is 1.81. The summed E-state index contributed by atoms with van der Waals surface area (Å²) in [5, 5.41) is 5.53. The van der Waals surface area contributed by atoms with E-state index in [1.807, 2.05) is 12.3 Å². The summed E-state index contributed by atoms with van der Waals surface area (Å²) < 4.78 is 28.2. The second kappa shape index (κ2) is 7.12. The van der Waals surface area contributed by atoms with Crippen LogP contribution in [0.3, 0.4) is 0 Å². The zero-order valence-electron chi connectivity index (χ0n) is 11.3. The molecule has 1 heterocycles. The highest BCUT2D eigenvalue weighted by Crippen LogP contribution is 2.15. The van der Waals surface area contributed by atoms with Crippen LogP contribution >= 0.6 is 11.3 Å². The number of thiazole rings is 1. The van der Waals surface area contributed by atoms with Crippen LogP contribution in [-0.2, 0) is 17.8 Å². The quantitative estimate of drug-likeness (QED) is 0.892. The molecule has 0 radical (unpaired) electrons. The first-order chi connectivity index (χ1) is 10.0. The second-order valence-corrected chi connectivity index (χ2v) is 5.40. The van der Waals surface area contributed by atoms with E-state index in [4.69, 9.17) is 0 Å². The van der Waals surface area contributed by atoms with Crippen molar-refractivity contribution in [1.82, 2.24) is 10.3 Å². The number of aromatic nitrogens is 1. The number of alkyl halides is 2. The molecular formula is C14H14F2N2O2S. The van der Waals surface area contributed by atoms with Gasteiger partial charge in [0.15, 0.2) is 0 Å². The lowest BCUT2D eigenvalue weighted by Crippen LogP contribution is -2.24. The summed E-state index contributed by atoms with van der Waals surface area (Å²) in [4.78, 5) is 16.0. The van der Waals surface area contributed by atoms with Crippen molar-refractivity contribution in [3.63, 3.8) is 0 Å². The molecule has 2 rings (SSSR count). The van der Waals surface area contributed by atoms with Crippen molar-refractivity contribution < 1.29 is 18.3 Å². The summed E-state index contributed by atoms with van der Waals surface area (Å²) in [6.07, 6.45) is 0.233. The van der Waals surface area contributed by atoms with Crippen molar-refractivity contribution in [2.24, 2.45) is 0 Å². The Morgan fingerprint density at radius 2 is 2.10 bits per heavy atom. The summed E-state index contributed by atoms with van der Waals surface area (Å²) in [5.41, 5.74) is 1.55. The monoisotopic (exact) mass is 312 g/mol. The number of nitrogens with one attached hydrogen (secondary N) is 1. The van der Waals surface area contributed by atoms with Gasteiger partial charge in [-0.15, -0.1) is 11.3 Å². The van der Waals surface area contributed by atoms with Crippen molar-refractivity contribution in [1.29, 1.82) is 0 Å². The van der Waals surface area contributed by atoms with Crippen LogP contribution in [0, 0.1) is 6.92 Å². The van der Waals surface area contributed by atoms with Crippen LogP contribution in [0.15, 0.2) is 29.6 Å². The maximum atomic E-state index is 12.0. The Kier molecular flexibility index (Phi) is 5.21. The number of rotatable bonds is 6. The molecule has 0 aliphatic rings. The predicted molar refractivity (Wildman–Crippen MR) is 75.5 cm³/mol. The zero-order valence-corrected chi connectivity index (χ0v) is 12.1. The fourth-order valence-electron chi connectivity index (χ4n) is 1.71. The molecule has 0 saturated carbocycles. The molecule has 1 aromatic heterocycles. The van der Waals surface area contributed by atoms with Crippen molar-refractivity contribution >= 4 is 17.2 Å². The van der Waals surface area contributed by atoms with Gasteiger partial charge in [0.05, 0.1) is 17.1 Å². The molecule has 1 N–H and O–H groups in total. The van der Waals surface area contributed by atoms with E-state index in [0.29, 0.717) is 6.54 Å². The Labute approximate surface area is 124 Å². The third kappa shape index (κ3) is 5.11. The molecule has 1 aromatic carbocycles. The van der Waals surface area contributed by atoms with Crippen molar-refractivity contribution in [2.45, 2.75) is 26.5 Å². The van der Waals surface area contributed by atoms with E-state index < -0.39 is 6.61 Å². The fraction of sp³-hybridized carbons (Fsp3) is 0.286. The molecule has 0 aliphatic carbocycles. The van der Waals surface area contributed by atoms with Gasteiger partial charge in [-0.25, -0.2) is 4.98 Å².